The van der Waals surface area contributed by atoms with Crippen LogP contribution in [-0.2, 0) is 16.4 Å². The normalized spacial score (nSPS) is 12.0. The van der Waals surface area contributed by atoms with Gasteiger partial charge in [0.1, 0.15) is 23.3 Å². The fourth-order valence-corrected chi connectivity index (χ4v) is 4.70. The Hall–Kier alpha value is -4.50. The summed E-state index contributed by atoms with van der Waals surface area (Å²) >= 11 is 0. The number of nitriles is 1. The molecule has 0 bridgehead atoms. The molecule has 0 amide bonds. The van der Waals surface area contributed by atoms with Crippen molar-refractivity contribution in [3.05, 3.63) is 71.8 Å². The van der Waals surface area contributed by atoms with E-state index in [9.17, 15) is 8.42 Å². The Morgan fingerprint density at radius 3 is 2.41 bits per heavy atom. The molecular weight excluding hydrogens is 494 g/mol. The molecule has 0 saturated carbocycles. The molecule has 0 aliphatic heterocycles. The lowest BCUT2D eigenvalue weighted by Crippen LogP contribution is -2.29. The number of methoxy groups -OCH3 is 2. The first-order chi connectivity index (χ1) is 17.8. The third-order valence-electron chi connectivity index (χ3n) is 5.64. The van der Waals surface area contributed by atoms with Crippen LogP contribution in [0.2, 0.25) is 0 Å². The summed E-state index contributed by atoms with van der Waals surface area (Å²) in [5, 5.41) is 16.6. The van der Waals surface area contributed by atoms with Crippen molar-refractivity contribution in [2.75, 3.05) is 18.9 Å². The Kier molecular flexibility index (Phi) is 7.35. The fourth-order valence-electron chi connectivity index (χ4n) is 3.72. The summed E-state index contributed by atoms with van der Waals surface area (Å²) in [6.07, 6.45) is 4.86. The standard InChI is InChI=1S/C25H25N7O4S/c1-16-10-19(15-27-13-16)24-29-30-25(32(24)23-21(35-3)6-5-7-22(23)36-4)31-37(33,34)17(2)11-20-9-8-18(12-26)14-28-20/h5-10,13-15,17H,11H2,1-4H3,(H,30,31)/t17-/m0/s1. The number of aromatic nitrogens is 5. The van der Waals surface area contributed by atoms with Gasteiger partial charge in [-0.05, 0) is 49.7 Å². The smallest absolute Gasteiger partial charge is 0.243 e. The monoisotopic (exact) mass is 519 g/mol. The van der Waals surface area contributed by atoms with Gasteiger partial charge in [0.15, 0.2) is 5.82 Å². The van der Waals surface area contributed by atoms with E-state index in [0.717, 1.165) is 5.56 Å². The summed E-state index contributed by atoms with van der Waals surface area (Å²) < 4.78 is 42.0. The zero-order valence-electron chi connectivity index (χ0n) is 20.7. The minimum absolute atomic E-state index is 0.0426. The quantitative estimate of drug-likeness (QED) is 0.352. The summed E-state index contributed by atoms with van der Waals surface area (Å²) in [6, 6.07) is 12.3. The first kappa shape index (κ1) is 25.6. The number of benzene rings is 1. The molecule has 0 aliphatic rings. The second kappa shape index (κ2) is 10.6. The van der Waals surface area contributed by atoms with E-state index in [1.165, 1.54) is 20.4 Å². The first-order valence-corrected chi connectivity index (χ1v) is 12.8. The average Bonchev–Trinajstić information content (AvgIpc) is 3.30. The molecule has 0 spiro atoms. The van der Waals surface area contributed by atoms with E-state index in [-0.39, 0.29) is 12.4 Å². The Morgan fingerprint density at radius 2 is 1.81 bits per heavy atom. The number of pyridine rings is 2. The van der Waals surface area contributed by atoms with Crippen LogP contribution in [0.25, 0.3) is 17.1 Å². The van der Waals surface area contributed by atoms with E-state index >= 15 is 0 Å². The van der Waals surface area contributed by atoms with Gasteiger partial charge in [-0.15, -0.1) is 10.2 Å². The van der Waals surface area contributed by atoms with Crippen LogP contribution in [-0.4, -0.2) is 52.6 Å². The van der Waals surface area contributed by atoms with Gasteiger partial charge in [-0.2, -0.15) is 5.26 Å². The van der Waals surface area contributed by atoms with E-state index in [4.69, 9.17) is 14.7 Å². The average molecular weight is 520 g/mol. The van der Waals surface area contributed by atoms with E-state index in [1.54, 1.807) is 54.2 Å². The van der Waals surface area contributed by atoms with Crippen LogP contribution in [0.4, 0.5) is 5.95 Å². The predicted octanol–water partition coefficient (Wildman–Crippen LogP) is 3.29. The maximum atomic E-state index is 13.4. The summed E-state index contributed by atoms with van der Waals surface area (Å²) in [7, 11) is -0.936. The summed E-state index contributed by atoms with van der Waals surface area (Å²) in [6.45, 7) is 3.46. The van der Waals surface area contributed by atoms with Crippen molar-refractivity contribution in [1.29, 1.82) is 5.26 Å². The summed E-state index contributed by atoms with van der Waals surface area (Å²) in [5.74, 6) is 1.16. The maximum absolute atomic E-state index is 13.4. The molecule has 12 heteroatoms. The largest absolute Gasteiger partial charge is 0.494 e. The van der Waals surface area contributed by atoms with Crippen molar-refractivity contribution >= 4 is 16.0 Å². The minimum atomic E-state index is -3.95. The molecule has 11 nitrogen and oxygen atoms in total. The van der Waals surface area contributed by atoms with Gasteiger partial charge in [0.05, 0.1) is 25.0 Å². The van der Waals surface area contributed by atoms with Gasteiger partial charge >= 0.3 is 0 Å². The van der Waals surface area contributed by atoms with Gasteiger partial charge in [0.25, 0.3) is 0 Å². The highest BCUT2D eigenvalue weighted by molar-refractivity contribution is 7.93. The Balaban J connectivity index is 1.79. The number of sulfonamides is 1. The Bertz CT molecular complexity index is 1540. The van der Waals surface area contributed by atoms with Gasteiger partial charge < -0.3 is 9.47 Å². The highest BCUT2D eigenvalue weighted by Crippen LogP contribution is 2.37. The van der Waals surface area contributed by atoms with Crippen LogP contribution >= 0.6 is 0 Å². The van der Waals surface area contributed by atoms with Crippen molar-refractivity contribution in [1.82, 2.24) is 24.7 Å². The third-order valence-corrected chi connectivity index (χ3v) is 7.33. The van der Waals surface area contributed by atoms with E-state index < -0.39 is 15.3 Å². The second-order valence-electron chi connectivity index (χ2n) is 8.26. The third kappa shape index (κ3) is 5.36. The molecule has 1 aromatic carbocycles. The van der Waals surface area contributed by atoms with E-state index in [1.807, 2.05) is 19.1 Å². The van der Waals surface area contributed by atoms with E-state index in [0.29, 0.717) is 39.8 Å². The van der Waals surface area contributed by atoms with Gasteiger partial charge in [-0.25, -0.2) is 8.42 Å². The van der Waals surface area contributed by atoms with Crippen LogP contribution in [0, 0.1) is 18.3 Å². The molecular formula is C25H25N7O4S. The lowest BCUT2D eigenvalue weighted by molar-refractivity contribution is 0.391. The fraction of sp³-hybridized carbons (Fsp3) is 0.240. The van der Waals surface area contributed by atoms with Crippen molar-refractivity contribution in [2.45, 2.75) is 25.5 Å². The van der Waals surface area contributed by atoms with Gasteiger partial charge in [0.2, 0.25) is 16.0 Å². The zero-order valence-corrected chi connectivity index (χ0v) is 21.5. The number of para-hydroxylation sites is 1. The van der Waals surface area contributed by atoms with Crippen LogP contribution in [0.5, 0.6) is 11.5 Å². The Labute approximate surface area is 214 Å². The maximum Gasteiger partial charge on any atom is 0.243 e. The van der Waals surface area contributed by atoms with Crippen LogP contribution in [0.3, 0.4) is 0 Å². The molecule has 37 heavy (non-hydrogen) atoms. The molecule has 0 aliphatic carbocycles. The zero-order chi connectivity index (χ0) is 26.6. The molecule has 4 aromatic rings. The molecule has 1 atom stereocenters. The molecule has 0 unspecified atom stereocenters. The molecule has 1 N–H and O–H groups in total. The molecule has 190 valence electrons. The summed E-state index contributed by atoms with van der Waals surface area (Å²) in [4.78, 5) is 8.43. The van der Waals surface area contributed by atoms with Crippen LogP contribution in [0.15, 0.2) is 55.0 Å². The number of hydrogen-bond donors (Lipinski definition) is 1. The van der Waals surface area contributed by atoms with Gasteiger partial charge in [-0.1, -0.05) is 6.07 Å². The van der Waals surface area contributed by atoms with Gasteiger partial charge in [0, 0.05) is 36.3 Å². The van der Waals surface area contributed by atoms with Gasteiger partial charge in [-0.3, -0.25) is 19.3 Å². The minimum Gasteiger partial charge on any atom is -0.494 e. The number of aryl methyl sites for hydroxylation is 1. The predicted molar refractivity (Wildman–Crippen MR) is 137 cm³/mol. The number of ether oxygens (including phenoxy) is 2. The molecule has 0 saturated heterocycles. The molecule has 0 fully saturated rings. The number of anilines is 1. The van der Waals surface area contributed by atoms with Crippen LogP contribution < -0.4 is 14.2 Å². The number of nitrogens with zero attached hydrogens (tertiary/aromatic N) is 6. The van der Waals surface area contributed by atoms with Crippen molar-refractivity contribution in [2.24, 2.45) is 0 Å². The first-order valence-electron chi connectivity index (χ1n) is 11.2. The van der Waals surface area contributed by atoms with Crippen molar-refractivity contribution in [3.8, 4) is 34.6 Å². The number of nitrogens with one attached hydrogen (secondary N) is 1. The molecule has 3 heterocycles. The Morgan fingerprint density at radius 1 is 1.08 bits per heavy atom. The lowest BCUT2D eigenvalue weighted by Gasteiger charge is -2.19. The van der Waals surface area contributed by atoms with Crippen molar-refractivity contribution in [3.63, 3.8) is 0 Å². The van der Waals surface area contributed by atoms with E-state index in [2.05, 4.69) is 24.9 Å². The van der Waals surface area contributed by atoms with Crippen LogP contribution in [0.1, 0.15) is 23.7 Å². The molecule has 0 radical (unpaired) electrons. The number of rotatable bonds is 9. The number of hydrogen-bond acceptors (Lipinski definition) is 9. The highest BCUT2D eigenvalue weighted by Gasteiger charge is 2.28. The molecule has 3 aromatic heterocycles. The molecule has 4 rings (SSSR count). The van der Waals surface area contributed by atoms with Crippen molar-refractivity contribution < 1.29 is 17.9 Å². The topological polar surface area (TPSA) is 145 Å². The highest BCUT2D eigenvalue weighted by atomic mass is 32.2. The lowest BCUT2D eigenvalue weighted by atomic mass is 10.2. The SMILES string of the molecule is COc1cccc(OC)c1-n1c(NS(=O)(=O)[C@@H](C)Cc2ccc(C#N)cn2)nnc1-c1cncc(C)c1. The summed E-state index contributed by atoms with van der Waals surface area (Å²) in [5.41, 5.74) is 2.88. The second-order valence-corrected chi connectivity index (χ2v) is 10.4.